The van der Waals surface area contributed by atoms with E-state index in [1.807, 2.05) is 32.9 Å². The van der Waals surface area contributed by atoms with Gasteiger partial charge >= 0.3 is 6.09 Å². The Labute approximate surface area is 132 Å². The minimum absolute atomic E-state index is 0.158. The Morgan fingerprint density at radius 3 is 2.41 bits per heavy atom. The highest BCUT2D eigenvalue weighted by Gasteiger charge is 2.48. The van der Waals surface area contributed by atoms with E-state index in [0.29, 0.717) is 19.4 Å². The van der Waals surface area contributed by atoms with Gasteiger partial charge in [-0.3, -0.25) is 0 Å². The standard InChI is InChI=1S/C18H25NO3/c1-17(2,3)22-16(20)19-10-6-9-15(19)18(21)11-13-7-4-5-8-14(13)12-18/h4-5,7-8,15,21H,6,9-12H2,1-3H3/t15-/m1/s1. The number of carbonyl (C=O) groups excluding carboxylic acids is 1. The number of rotatable bonds is 1. The first-order valence-corrected chi connectivity index (χ1v) is 8.07. The van der Waals surface area contributed by atoms with Crippen LogP contribution in [0.1, 0.15) is 44.7 Å². The summed E-state index contributed by atoms with van der Waals surface area (Å²) in [5.41, 5.74) is 1.02. The number of carbonyl (C=O) groups is 1. The highest BCUT2D eigenvalue weighted by Crippen LogP contribution is 2.38. The number of hydrogen-bond acceptors (Lipinski definition) is 3. The number of amides is 1. The minimum Gasteiger partial charge on any atom is -0.444 e. The summed E-state index contributed by atoms with van der Waals surface area (Å²) in [6, 6.07) is 7.99. The van der Waals surface area contributed by atoms with Gasteiger partial charge in [0.1, 0.15) is 5.60 Å². The molecule has 0 spiro atoms. The molecule has 0 aromatic heterocycles. The third-order valence-corrected chi connectivity index (χ3v) is 4.61. The van der Waals surface area contributed by atoms with Crippen molar-refractivity contribution in [3.8, 4) is 0 Å². The number of ether oxygens (including phenoxy) is 1. The summed E-state index contributed by atoms with van der Waals surface area (Å²) in [6.45, 7) is 6.28. The lowest BCUT2D eigenvalue weighted by atomic mass is 9.89. The van der Waals surface area contributed by atoms with Crippen molar-refractivity contribution in [2.45, 2.75) is 63.7 Å². The minimum atomic E-state index is -0.864. The summed E-state index contributed by atoms with van der Waals surface area (Å²) in [5, 5.41) is 11.2. The molecular formula is C18H25NO3. The Kier molecular flexibility index (Phi) is 3.68. The van der Waals surface area contributed by atoms with Crippen LogP contribution in [0.4, 0.5) is 4.79 Å². The van der Waals surface area contributed by atoms with Gasteiger partial charge in [0.05, 0.1) is 11.6 Å². The van der Waals surface area contributed by atoms with E-state index in [2.05, 4.69) is 12.1 Å². The Hall–Kier alpha value is -1.55. The highest BCUT2D eigenvalue weighted by atomic mass is 16.6. The van der Waals surface area contributed by atoms with Gasteiger partial charge in [-0.25, -0.2) is 4.79 Å². The molecule has 1 atom stereocenters. The van der Waals surface area contributed by atoms with Crippen LogP contribution in [0.5, 0.6) is 0 Å². The molecule has 4 heteroatoms. The fraction of sp³-hybridized carbons (Fsp3) is 0.611. The first kappa shape index (κ1) is 15.3. The quantitative estimate of drug-likeness (QED) is 0.868. The Bertz CT molecular complexity index is 551. The second kappa shape index (κ2) is 5.27. The Morgan fingerprint density at radius 2 is 1.86 bits per heavy atom. The van der Waals surface area contributed by atoms with Gasteiger partial charge in [0.15, 0.2) is 0 Å². The zero-order chi connectivity index (χ0) is 16.0. The lowest BCUT2D eigenvalue weighted by molar-refractivity contribution is -0.0381. The SMILES string of the molecule is CC(C)(C)OC(=O)N1CCC[C@@H]1C1(O)Cc2ccccc2C1. The van der Waals surface area contributed by atoms with Crippen molar-refractivity contribution in [2.75, 3.05) is 6.54 Å². The normalized spacial score (nSPS) is 23.5. The number of aliphatic hydroxyl groups is 1. The predicted octanol–water partition coefficient (Wildman–Crippen LogP) is 2.92. The van der Waals surface area contributed by atoms with Gasteiger partial charge < -0.3 is 14.7 Å². The fourth-order valence-electron chi connectivity index (χ4n) is 3.72. The van der Waals surface area contributed by atoms with Crippen molar-refractivity contribution < 1.29 is 14.6 Å². The van der Waals surface area contributed by atoms with Crippen molar-refractivity contribution in [3.63, 3.8) is 0 Å². The maximum Gasteiger partial charge on any atom is 0.410 e. The van der Waals surface area contributed by atoms with Crippen molar-refractivity contribution in [1.29, 1.82) is 0 Å². The molecule has 0 saturated carbocycles. The van der Waals surface area contributed by atoms with Crippen LogP contribution in [0.15, 0.2) is 24.3 Å². The van der Waals surface area contributed by atoms with Gasteiger partial charge in [0.2, 0.25) is 0 Å². The van der Waals surface area contributed by atoms with Crippen molar-refractivity contribution in [3.05, 3.63) is 35.4 Å². The van der Waals surface area contributed by atoms with E-state index in [-0.39, 0.29) is 12.1 Å². The van der Waals surface area contributed by atoms with Gasteiger partial charge in [-0.1, -0.05) is 24.3 Å². The molecule has 1 fully saturated rings. The molecule has 2 aliphatic rings. The third kappa shape index (κ3) is 2.84. The number of fused-ring (bicyclic) bond motifs is 1. The number of hydrogen-bond donors (Lipinski definition) is 1. The van der Waals surface area contributed by atoms with Gasteiger partial charge in [-0.05, 0) is 44.7 Å². The Balaban J connectivity index is 1.78. The number of nitrogens with zero attached hydrogens (tertiary/aromatic N) is 1. The molecule has 1 saturated heterocycles. The third-order valence-electron chi connectivity index (χ3n) is 4.61. The summed E-state index contributed by atoms with van der Waals surface area (Å²) in [4.78, 5) is 14.2. The monoisotopic (exact) mass is 303 g/mol. The molecule has 1 N–H and O–H groups in total. The van der Waals surface area contributed by atoms with E-state index >= 15 is 0 Å². The van der Waals surface area contributed by atoms with E-state index in [0.717, 1.165) is 12.8 Å². The summed E-state index contributed by atoms with van der Waals surface area (Å²) in [7, 11) is 0. The first-order valence-electron chi connectivity index (χ1n) is 8.07. The van der Waals surface area contributed by atoms with Crippen LogP contribution in [0, 0.1) is 0 Å². The summed E-state index contributed by atoms with van der Waals surface area (Å²) in [5.74, 6) is 0. The summed E-state index contributed by atoms with van der Waals surface area (Å²) >= 11 is 0. The average molecular weight is 303 g/mol. The topological polar surface area (TPSA) is 49.8 Å². The molecule has 1 aliphatic heterocycles. The zero-order valence-electron chi connectivity index (χ0n) is 13.6. The van der Waals surface area contributed by atoms with Crippen LogP contribution in [-0.4, -0.2) is 39.9 Å². The van der Waals surface area contributed by atoms with Gasteiger partial charge in [0.25, 0.3) is 0 Å². The molecule has 1 heterocycles. The molecule has 0 radical (unpaired) electrons. The molecule has 22 heavy (non-hydrogen) atoms. The van der Waals surface area contributed by atoms with Gasteiger partial charge in [0, 0.05) is 19.4 Å². The van der Waals surface area contributed by atoms with Crippen molar-refractivity contribution in [1.82, 2.24) is 4.90 Å². The fourth-order valence-corrected chi connectivity index (χ4v) is 3.72. The van der Waals surface area contributed by atoms with Crippen molar-refractivity contribution in [2.24, 2.45) is 0 Å². The molecule has 1 aliphatic carbocycles. The van der Waals surface area contributed by atoms with E-state index in [1.54, 1.807) is 4.90 Å². The van der Waals surface area contributed by atoms with Crippen molar-refractivity contribution >= 4 is 6.09 Å². The number of likely N-dealkylation sites (tertiary alicyclic amines) is 1. The van der Waals surface area contributed by atoms with Crippen LogP contribution >= 0.6 is 0 Å². The lowest BCUT2D eigenvalue weighted by Gasteiger charge is -2.37. The zero-order valence-corrected chi connectivity index (χ0v) is 13.6. The van der Waals surface area contributed by atoms with Gasteiger partial charge in [-0.2, -0.15) is 0 Å². The van der Waals surface area contributed by atoms with Crippen LogP contribution in [-0.2, 0) is 17.6 Å². The van der Waals surface area contributed by atoms with E-state index in [9.17, 15) is 9.90 Å². The van der Waals surface area contributed by atoms with Crippen LogP contribution in [0.25, 0.3) is 0 Å². The molecular weight excluding hydrogens is 278 g/mol. The van der Waals surface area contributed by atoms with Crippen LogP contribution < -0.4 is 0 Å². The predicted molar refractivity (Wildman–Crippen MR) is 84.8 cm³/mol. The first-order chi connectivity index (χ1) is 10.3. The van der Waals surface area contributed by atoms with Gasteiger partial charge in [-0.15, -0.1) is 0 Å². The molecule has 0 unspecified atom stereocenters. The molecule has 1 aromatic carbocycles. The van der Waals surface area contributed by atoms with E-state index in [1.165, 1.54) is 11.1 Å². The Morgan fingerprint density at radius 1 is 1.27 bits per heavy atom. The molecule has 1 amide bonds. The summed E-state index contributed by atoms with van der Waals surface area (Å²) in [6.07, 6.45) is 2.69. The number of benzene rings is 1. The highest BCUT2D eigenvalue weighted by molar-refractivity contribution is 5.69. The molecule has 3 rings (SSSR count). The maximum atomic E-state index is 12.4. The second-order valence-corrected chi connectivity index (χ2v) is 7.56. The summed E-state index contributed by atoms with van der Waals surface area (Å²) < 4.78 is 5.51. The second-order valence-electron chi connectivity index (χ2n) is 7.56. The lowest BCUT2D eigenvalue weighted by Crippen LogP contribution is -2.53. The smallest absolute Gasteiger partial charge is 0.410 e. The maximum absolute atomic E-state index is 12.4. The molecule has 1 aromatic rings. The van der Waals surface area contributed by atoms with E-state index < -0.39 is 11.2 Å². The van der Waals surface area contributed by atoms with Crippen LogP contribution in [0.2, 0.25) is 0 Å². The molecule has 0 bridgehead atoms. The van der Waals surface area contributed by atoms with E-state index in [4.69, 9.17) is 4.74 Å². The molecule has 120 valence electrons. The largest absolute Gasteiger partial charge is 0.444 e. The van der Waals surface area contributed by atoms with Crippen LogP contribution in [0.3, 0.4) is 0 Å². The molecule has 4 nitrogen and oxygen atoms in total. The average Bonchev–Trinajstić information content (AvgIpc) is 3.00.